The van der Waals surface area contributed by atoms with Gasteiger partial charge in [0.2, 0.25) is 0 Å². The van der Waals surface area contributed by atoms with Crippen molar-refractivity contribution in [3.8, 4) is 0 Å². The third kappa shape index (κ3) is 3.72. The van der Waals surface area contributed by atoms with E-state index in [1.54, 1.807) is 42.7 Å². The molecule has 0 unspecified atom stereocenters. The Labute approximate surface area is 180 Å². The van der Waals surface area contributed by atoms with E-state index in [0.717, 1.165) is 11.3 Å². The largest absolute Gasteiger partial charge is 0.337 e. The Balaban J connectivity index is 1.82. The highest BCUT2D eigenvalue weighted by Gasteiger charge is 2.41. The van der Waals surface area contributed by atoms with Gasteiger partial charge < -0.3 is 4.90 Å². The molecule has 4 rings (SSSR count). The quantitative estimate of drug-likeness (QED) is 0.552. The number of aromatic nitrogens is 1. The number of hydrogen-bond donors (Lipinski definition) is 0. The predicted octanol–water partition coefficient (Wildman–Crippen LogP) is 4.54. The third-order valence-corrected chi connectivity index (χ3v) is 5.25. The maximum Gasteiger partial charge on any atom is 0.278 e. The number of likely N-dealkylation sites (N-methyl/N-ethyl adjacent to an activating group) is 1. The molecule has 2 aromatic carbocycles. The van der Waals surface area contributed by atoms with Gasteiger partial charge in [0.1, 0.15) is 5.70 Å². The lowest BCUT2D eigenvalue weighted by Crippen LogP contribution is -2.34. The fraction of sp³-hybridized carbons (Fsp3) is 0.125. The van der Waals surface area contributed by atoms with Crippen molar-refractivity contribution in [2.75, 3.05) is 11.4 Å². The minimum atomic E-state index is -0.324. The van der Waals surface area contributed by atoms with Crippen molar-refractivity contribution in [1.82, 2.24) is 9.88 Å². The van der Waals surface area contributed by atoms with Gasteiger partial charge in [0.15, 0.2) is 0 Å². The minimum absolute atomic E-state index is 0.165. The number of pyridine rings is 1. The Morgan fingerprint density at radius 2 is 1.67 bits per heavy atom. The molecule has 30 heavy (non-hydrogen) atoms. The second-order valence-corrected chi connectivity index (χ2v) is 7.30. The number of carbonyl (C=O) groups excluding carboxylic acids is 2. The van der Waals surface area contributed by atoms with Gasteiger partial charge in [0, 0.05) is 29.6 Å². The molecule has 2 heterocycles. The van der Waals surface area contributed by atoms with Gasteiger partial charge in [-0.15, -0.1) is 0 Å². The van der Waals surface area contributed by atoms with Crippen molar-refractivity contribution in [2.24, 2.45) is 0 Å². The molecule has 0 saturated heterocycles. The first-order valence-corrected chi connectivity index (χ1v) is 10.1. The summed E-state index contributed by atoms with van der Waals surface area (Å²) < 4.78 is 0. The second kappa shape index (κ2) is 8.51. The Bertz CT molecular complexity index is 1100. The average Bonchev–Trinajstić information content (AvgIpc) is 3.01. The molecule has 5 nitrogen and oxygen atoms in total. The summed E-state index contributed by atoms with van der Waals surface area (Å²) in [5.41, 5.74) is 3.06. The standard InChI is InChI=1S/C24H20ClN3O2/c1-2-27(20-8-4-3-5-9-20)22-21(18-10-12-19(25)13-11-18)23(29)28(24(22)30)16-17-7-6-14-26-15-17/h3-15H,2,16H2,1H3. The van der Waals surface area contributed by atoms with Crippen molar-refractivity contribution >= 4 is 34.7 Å². The summed E-state index contributed by atoms with van der Waals surface area (Å²) in [6, 6.07) is 20.2. The van der Waals surface area contributed by atoms with Gasteiger partial charge in [-0.25, -0.2) is 0 Å². The van der Waals surface area contributed by atoms with Crippen LogP contribution in [0.3, 0.4) is 0 Å². The highest BCUT2D eigenvalue weighted by atomic mass is 35.5. The van der Waals surface area contributed by atoms with Gasteiger partial charge in [0.05, 0.1) is 12.1 Å². The molecule has 3 aromatic rings. The number of halogens is 1. The number of rotatable bonds is 6. The molecule has 150 valence electrons. The zero-order chi connectivity index (χ0) is 21.1. The molecular weight excluding hydrogens is 398 g/mol. The molecule has 0 aliphatic carbocycles. The number of anilines is 1. The van der Waals surface area contributed by atoms with E-state index in [1.165, 1.54) is 4.90 Å². The van der Waals surface area contributed by atoms with E-state index in [4.69, 9.17) is 11.6 Å². The van der Waals surface area contributed by atoms with Gasteiger partial charge >= 0.3 is 0 Å². The number of hydrogen-bond acceptors (Lipinski definition) is 4. The summed E-state index contributed by atoms with van der Waals surface area (Å²) in [6.07, 6.45) is 3.32. The summed E-state index contributed by atoms with van der Waals surface area (Å²) in [5, 5.41) is 0.570. The van der Waals surface area contributed by atoms with Gasteiger partial charge in [-0.1, -0.05) is 48.0 Å². The number of para-hydroxylation sites is 1. The van der Waals surface area contributed by atoms with E-state index < -0.39 is 0 Å². The molecule has 6 heteroatoms. The maximum atomic E-state index is 13.5. The van der Waals surface area contributed by atoms with Crippen LogP contribution in [-0.2, 0) is 16.1 Å². The summed E-state index contributed by atoms with van der Waals surface area (Å²) in [7, 11) is 0. The van der Waals surface area contributed by atoms with Crippen LogP contribution in [0.2, 0.25) is 5.02 Å². The topological polar surface area (TPSA) is 53.5 Å². The molecule has 0 fully saturated rings. The van der Waals surface area contributed by atoms with Crippen LogP contribution in [0.25, 0.3) is 5.57 Å². The van der Waals surface area contributed by atoms with Crippen LogP contribution < -0.4 is 4.90 Å². The lowest BCUT2D eigenvalue weighted by Gasteiger charge is -2.25. The molecule has 0 atom stereocenters. The fourth-order valence-corrected chi connectivity index (χ4v) is 3.71. The number of imide groups is 1. The molecule has 0 saturated carbocycles. The monoisotopic (exact) mass is 417 g/mol. The Hall–Kier alpha value is -3.44. The maximum absolute atomic E-state index is 13.5. The molecule has 0 bridgehead atoms. The lowest BCUT2D eigenvalue weighted by atomic mass is 10.0. The SMILES string of the molecule is CCN(C1=C(c2ccc(Cl)cc2)C(=O)N(Cc2cccnc2)C1=O)c1ccccc1. The van der Waals surface area contributed by atoms with Gasteiger partial charge in [0.25, 0.3) is 11.8 Å². The molecule has 0 N–H and O–H groups in total. The number of benzene rings is 2. The average molecular weight is 418 g/mol. The molecule has 0 spiro atoms. The summed E-state index contributed by atoms with van der Waals surface area (Å²) >= 11 is 6.05. The molecule has 1 aromatic heterocycles. The lowest BCUT2D eigenvalue weighted by molar-refractivity contribution is -0.137. The Morgan fingerprint density at radius 3 is 2.30 bits per heavy atom. The van der Waals surface area contributed by atoms with Crippen LogP contribution in [-0.4, -0.2) is 28.2 Å². The van der Waals surface area contributed by atoms with Crippen LogP contribution in [0, 0.1) is 0 Å². The van der Waals surface area contributed by atoms with Crippen LogP contribution in [0.1, 0.15) is 18.1 Å². The van der Waals surface area contributed by atoms with E-state index in [9.17, 15) is 9.59 Å². The highest BCUT2D eigenvalue weighted by molar-refractivity contribution is 6.37. The van der Waals surface area contributed by atoms with Crippen molar-refractivity contribution < 1.29 is 9.59 Å². The zero-order valence-corrected chi connectivity index (χ0v) is 17.2. The number of amides is 2. The first-order valence-electron chi connectivity index (χ1n) is 9.68. The summed E-state index contributed by atoms with van der Waals surface area (Å²) in [5.74, 6) is -0.643. The van der Waals surface area contributed by atoms with Crippen LogP contribution in [0.5, 0.6) is 0 Å². The summed E-state index contributed by atoms with van der Waals surface area (Å²) in [6.45, 7) is 2.66. The van der Waals surface area contributed by atoms with E-state index in [0.29, 0.717) is 28.4 Å². The zero-order valence-electron chi connectivity index (χ0n) is 16.5. The molecule has 1 aliphatic rings. The third-order valence-electron chi connectivity index (χ3n) is 4.99. The van der Waals surface area contributed by atoms with E-state index in [1.807, 2.05) is 48.2 Å². The molecule has 2 amide bonds. The molecule has 0 radical (unpaired) electrons. The first-order chi connectivity index (χ1) is 14.6. The fourth-order valence-electron chi connectivity index (χ4n) is 3.59. The Kier molecular flexibility index (Phi) is 5.63. The van der Waals surface area contributed by atoms with E-state index in [-0.39, 0.29) is 18.4 Å². The van der Waals surface area contributed by atoms with Crippen molar-refractivity contribution in [2.45, 2.75) is 13.5 Å². The van der Waals surface area contributed by atoms with Crippen LogP contribution in [0.4, 0.5) is 5.69 Å². The van der Waals surface area contributed by atoms with Gasteiger partial charge in [-0.05, 0) is 48.4 Å². The van der Waals surface area contributed by atoms with Crippen molar-refractivity contribution in [1.29, 1.82) is 0 Å². The first kappa shape index (κ1) is 19.9. The van der Waals surface area contributed by atoms with E-state index >= 15 is 0 Å². The van der Waals surface area contributed by atoms with Crippen LogP contribution >= 0.6 is 11.6 Å². The normalized spacial score (nSPS) is 13.9. The van der Waals surface area contributed by atoms with Gasteiger partial charge in [-0.2, -0.15) is 0 Å². The molecular formula is C24H20ClN3O2. The smallest absolute Gasteiger partial charge is 0.278 e. The number of nitrogens with zero attached hydrogens (tertiary/aromatic N) is 3. The highest BCUT2D eigenvalue weighted by Crippen LogP contribution is 2.35. The Morgan fingerprint density at radius 1 is 0.933 bits per heavy atom. The van der Waals surface area contributed by atoms with E-state index in [2.05, 4.69) is 4.98 Å². The molecule has 1 aliphatic heterocycles. The second-order valence-electron chi connectivity index (χ2n) is 6.87. The minimum Gasteiger partial charge on any atom is -0.337 e. The van der Waals surface area contributed by atoms with Gasteiger partial charge in [-0.3, -0.25) is 19.5 Å². The number of carbonyl (C=O) groups is 2. The van der Waals surface area contributed by atoms with Crippen molar-refractivity contribution in [3.63, 3.8) is 0 Å². The van der Waals surface area contributed by atoms with Crippen LogP contribution in [0.15, 0.2) is 84.8 Å². The summed E-state index contributed by atoms with van der Waals surface area (Å²) in [4.78, 5) is 34.2. The predicted molar refractivity (Wildman–Crippen MR) is 118 cm³/mol. The van der Waals surface area contributed by atoms with Crippen molar-refractivity contribution in [3.05, 3.63) is 101 Å².